The molecular weight excluding hydrogens is 261 g/mol. The minimum atomic E-state index is -1.12. The molecule has 6 heteroatoms. The highest BCUT2D eigenvalue weighted by atomic mass is 19.1. The lowest BCUT2D eigenvalue weighted by Crippen LogP contribution is -2.11. The highest BCUT2D eigenvalue weighted by molar-refractivity contribution is 5.93. The molecular formula is C14H14FN3O2. The number of halogens is 1. The lowest BCUT2D eigenvalue weighted by Gasteiger charge is -2.09. The van der Waals surface area contributed by atoms with Gasteiger partial charge in [0.05, 0.1) is 5.56 Å². The molecule has 1 heterocycles. The topological polar surface area (TPSA) is 75.1 Å². The number of rotatable bonds is 5. The SMILES string of the molecule is CCCNc1nc(-c2ccccc2F)ncc1C(=O)O. The van der Waals surface area contributed by atoms with Crippen LogP contribution in [0, 0.1) is 5.82 Å². The van der Waals surface area contributed by atoms with Gasteiger partial charge in [-0.05, 0) is 18.6 Å². The average Bonchev–Trinajstić information content (AvgIpc) is 2.45. The molecule has 5 nitrogen and oxygen atoms in total. The molecule has 0 unspecified atom stereocenters. The summed E-state index contributed by atoms with van der Waals surface area (Å²) in [4.78, 5) is 19.2. The van der Waals surface area contributed by atoms with Gasteiger partial charge in [-0.2, -0.15) is 0 Å². The van der Waals surface area contributed by atoms with Crippen LogP contribution in [0.25, 0.3) is 11.4 Å². The van der Waals surface area contributed by atoms with Crippen LogP contribution in [0.1, 0.15) is 23.7 Å². The molecule has 0 atom stereocenters. The maximum Gasteiger partial charge on any atom is 0.341 e. The van der Waals surface area contributed by atoms with Crippen molar-refractivity contribution in [3.63, 3.8) is 0 Å². The molecule has 0 spiro atoms. The first-order valence-corrected chi connectivity index (χ1v) is 6.22. The Morgan fingerprint density at radius 3 is 2.80 bits per heavy atom. The van der Waals surface area contributed by atoms with Crippen LogP contribution in [-0.4, -0.2) is 27.6 Å². The number of carboxylic acid groups (broad SMARTS) is 1. The van der Waals surface area contributed by atoms with Crippen molar-refractivity contribution in [3.8, 4) is 11.4 Å². The van der Waals surface area contributed by atoms with E-state index in [0.29, 0.717) is 6.54 Å². The predicted octanol–water partition coefficient (Wildman–Crippen LogP) is 2.80. The summed E-state index contributed by atoms with van der Waals surface area (Å²) < 4.78 is 13.7. The first-order valence-electron chi connectivity index (χ1n) is 6.22. The largest absolute Gasteiger partial charge is 0.477 e. The number of carboxylic acids is 1. The summed E-state index contributed by atoms with van der Waals surface area (Å²) in [5.41, 5.74) is 0.211. The Kier molecular flexibility index (Phi) is 4.24. The molecule has 20 heavy (non-hydrogen) atoms. The zero-order chi connectivity index (χ0) is 14.5. The molecule has 104 valence electrons. The number of aromatic carboxylic acids is 1. The fraction of sp³-hybridized carbons (Fsp3) is 0.214. The number of aromatic nitrogens is 2. The number of nitrogens with zero attached hydrogens (tertiary/aromatic N) is 2. The Morgan fingerprint density at radius 2 is 2.15 bits per heavy atom. The summed E-state index contributed by atoms with van der Waals surface area (Å²) in [7, 11) is 0. The zero-order valence-corrected chi connectivity index (χ0v) is 10.9. The molecule has 1 aromatic carbocycles. The van der Waals surface area contributed by atoms with Gasteiger partial charge in [-0.25, -0.2) is 19.2 Å². The van der Waals surface area contributed by atoms with Gasteiger partial charge in [0.2, 0.25) is 0 Å². The molecule has 2 rings (SSSR count). The Morgan fingerprint density at radius 1 is 1.40 bits per heavy atom. The fourth-order valence-corrected chi connectivity index (χ4v) is 1.69. The Labute approximate surface area is 115 Å². The van der Waals surface area contributed by atoms with E-state index in [1.165, 1.54) is 12.3 Å². The minimum Gasteiger partial charge on any atom is -0.477 e. The van der Waals surface area contributed by atoms with Gasteiger partial charge in [0.15, 0.2) is 5.82 Å². The minimum absolute atomic E-state index is 0.0291. The molecule has 2 N–H and O–H groups in total. The van der Waals surface area contributed by atoms with Crippen LogP contribution in [-0.2, 0) is 0 Å². The van der Waals surface area contributed by atoms with E-state index >= 15 is 0 Å². The predicted molar refractivity (Wildman–Crippen MR) is 73.2 cm³/mol. The highest BCUT2D eigenvalue weighted by Gasteiger charge is 2.15. The molecule has 0 aliphatic rings. The van der Waals surface area contributed by atoms with E-state index in [4.69, 9.17) is 5.11 Å². The van der Waals surface area contributed by atoms with Gasteiger partial charge >= 0.3 is 5.97 Å². The molecule has 0 saturated heterocycles. The normalized spacial score (nSPS) is 10.3. The number of hydrogen-bond acceptors (Lipinski definition) is 4. The van der Waals surface area contributed by atoms with Crippen LogP contribution in [0.15, 0.2) is 30.5 Å². The van der Waals surface area contributed by atoms with Crippen LogP contribution < -0.4 is 5.32 Å². The van der Waals surface area contributed by atoms with Crippen LogP contribution >= 0.6 is 0 Å². The van der Waals surface area contributed by atoms with Gasteiger partial charge < -0.3 is 10.4 Å². The lowest BCUT2D eigenvalue weighted by atomic mass is 10.2. The average molecular weight is 275 g/mol. The third-order valence-electron chi connectivity index (χ3n) is 2.68. The summed E-state index contributed by atoms with van der Waals surface area (Å²) in [5.74, 6) is -1.21. The highest BCUT2D eigenvalue weighted by Crippen LogP contribution is 2.21. The van der Waals surface area contributed by atoms with E-state index in [0.717, 1.165) is 6.42 Å². The van der Waals surface area contributed by atoms with Gasteiger partial charge in [-0.1, -0.05) is 19.1 Å². The van der Waals surface area contributed by atoms with E-state index in [1.54, 1.807) is 18.2 Å². The quantitative estimate of drug-likeness (QED) is 0.877. The molecule has 1 aromatic heterocycles. The molecule has 0 radical (unpaired) electrons. The molecule has 2 aromatic rings. The second-order valence-electron chi connectivity index (χ2n) is 4.17. The summed E-state index contributed by atoms with van der Waals surface area (Å²) >= 11 is 0. The number of carbonyl (C=O) groups is 1. The van der Waals surface area contributed by atoms with Crippen molar-refractivity contribution < 1.29 is 14.3 Å². The second kappa shape index (κ2) is 6.10. The standard InChI is InChI=1S/C14H14FN3O2/c1-2-7-16-13-10(14(19)20)8-17-12(18-13)9-5-3-4-6-11(9)15/h3-6,8H,2,7H2,1H3,(H,19,20)(H,16,17,18). The lowest BCUT2D eigenvalue weighted by molar-refractivity contribution is 0.0697. The monoisotopic (exact) mass is 275 g/mol. The van der Waals surface area contributed by atoms with E-state index in [-0.39, 0.29) is 22.8 Å². The van der Waals surface area contributed by atoms with Gasteiger partial charge in [-0.15, -0.1) is 0 Å². The van der Waals surface area contributed by atoms with E-state index in [1.807, 2.05) is 6.92 Å². The van der Waals surface area contributed by atoms with Crippen molar-refractivity contribution in [1.29, 1.82) is 0 Å². The number of anilines is 1. The van der Waals surface area contributed by atoms with Crippen molar-refractivity contribution in [2.45, 2.75) is 13.3 Å². The Balaban J connectivity index is 2.46. The van der Waals surface area contributed by atoms with Crippen LogP contribution in [0.2, 0.25) is 0 Å². The van der Waals surface area contributed by atoms with Crippen LogP contribution in [0.4, 0.5) is 10.2 Å². The smallest absolute Gasteiger partial charge is 0.341 e. The maximum absolute atomic E-state index is 13.7. The Hall–Kier alpha value is -2.50. The van der Waals surface area contributed by atoms with Crippen molar-refractivity contribution in [1.82, 2.24) is 9.97 Å². The molecule has 0 saturated carbocycles. The fourth-order valence-electron chi connectivity index (χ4n) is 1.69. The first-order chi connectivity index (χ1) is 9.63. The van der Waals surface area contributed by atoms with Crippen molar-refractivity contribution in [2.24, 2.45) is 0 Å². The first kappa shape index (κ1) is 13.9. The summed E-state index contributed by atoms with van der Waals surface area (Å²) in [6, 6.07) is 6.10. The Bertz CT molecular complexity index is 632. The zero-order valence-electron chi connectivity index (χ0n) is 10.9. The van der Waals surface area contributed by atoms with E-state index in [9.17, 15) is 9.18 Å². The van der Waals surface area contributed by atoms with Crippen molar-refractivity contribution in [2.75, 3.05) is 11.9 Å². The van der Waals surface area contributed by atoms with Gasteiger partial charge in [0, 0.05) is 12.7 Å². The van der Waals surface area contributed by atoms with Crippen molar-refractivity contribution >= 4 is 11.8 Å². The van der Waals surface area contributed by atoms with Crippen molar-refractivity contribution in [3.05, 3.63) is 41.8 Å². The van der Waals surface area contributed by atoms with Gasteiger partial charge in [0.25, 0.3) is 0 Å². The number of hydrogen-bond donors (Lipinski definition) is 2. The van der Waals surface area contributed by atoms with Gasteiger partial charge in [0.1, 0.15) is 17.2 Å². The molecule has 0 fully saturated rings. The molecule has 0 aliphatic carbocycles. The summed E-state index contributed by atoms with van der Waals surface area (Å²) in [6.45, 7) is 2.53. The third kappa shape index (κ3) is 2.90. The third-order valence-corrected chi connectivity index (χ3v) is 2.68. The molecule has 0 bridgehead atoms. The van der Waals surface area contributed by atoms with E-state index in [2.05, 4.69) is 15.3 Å². The van der Waals surface area contributed by atoms with Crippen LogP contribution in [0.5, 0.6) is 0 Å². The summed E-state index contributed by atoms with van der Waals surface area (Å²) in [5, 5.41) is 12.0. The molecule has 0 aliphatic heterocycles. The molecule has 0 amide bonds. The van der Waals surface area contributed by atoms with Gasteiger partial charge in [-0.3, -0.25) is 0 Å². The maximum atomic E-state index is 13.7. The van der Waals surface area contributed by atoms with E-state index < -0.39 is 11.8 Å². The number of nitrogens with one attached hydrogen (secondary N) is 1. The second-order valence-corrected chi connectivity index (χ2v) is 4.17. The van der Waals surface area contributed by atoms with Crippen LogP contribution in [0.3, 0.4) is 0 Å². The summed E-state index contributed by atoms with van der Waals surface area (Å²) in [6.07, 6.45) is 2.01. The number of benzene rings is 1.